The smallest absolute Gasteiger partial charge is 0.294 e. The molecule has 3 aromatic carbocycles. The van der Waals surface area contributed by atoms with E-state index in [1.807, 2.05) is 12.1 Å². The van der Waals surface area contributed by atoms with E-state index in [0.717, 1.165) is 22.2 Å². The number of nitrogens with one attached hydrogen (secondary N) is 1. The maximum absolute atomic E-state index is 13.9. The standard InChI is InChI=1S/C28H25FN2O4S/c1-18(2)19-11-13-22(14-12-19)30-26(32)16-31-27(33)25(36-28(31)34)15-20-7-4-6-10-24(20)35-17-21-8-3-5-9-23(21)29/h3-15,18H,16-17H2,1-2H3,(H,30,32)/b25-15+. The summed E-state index contributed by atoms with van der Waals surface area (Å²) < 4.78 is 19.7. The normalized spacial score (nSPS) is 14.6. The van der Waals surface area contributed by atoms with Crippen LogP contribution >= 0.6 is 11.8 Å². The molecule has 6 nitrogen and oxygen atoms in total. The van der Waals surface area contributed by atoms with Crippen LogP contribution in [-0.4, -0.2) is 28.5 Å². The van der Waals surface area contributed by atoms with Gasteiger partial charge in [-0.05, 0) is 53.6 Å². The van der Waals surface area contributed by atoms with Crippen molar-refractivity contribution in [1.82, 2.24) is 4.90 Å². The van der Waals surface area contributed by atoms with Gasteiger partial charge in [0.25, 0.3) is 11.1 Å². The van der Waals surface area contributed by atoms with E-state index in [0.29, 0.717) is 28.5 Å². The van der Waals surface area contributed by atoms with Gasteiger partial charge in [-0.3, -0.25) is 19.3 Å². The number of amides is 3. The van der Waals surface area contributed by atoms with Crippen LogP contribution in [-0.2, 0) is 16.2 Å². The monoisotopic (exact) mass is 504 g/mol. The average Bonchev–Trinajstić information content (AvgIpc) is 3.12. The Bertz CT molecular complexity index is 1320. The van der Waals surface area contributed by atoms with Gasteiger partial charge >= 0.3 is 0 Å². The lowest BCUT2D eigenvalue weighted by Crippen LogP contribution is -2.36. The van der Waals surface area contributed by atoms with Crippen molar-refractivity contribution in [1.29, 1.82) is 0 Å². The first-order valence-electron chi connectivity index (χ1n) is 11.4. The fraction of sp³-hybridized carbons (Fsp3) is 0.179. The molecule has 4 rings (SSSR count). The lowest BCUT2D eigenvalue weighted by Gasteiger charge is -2.13. The minimum Gasteiger partial charge on any atom is -0.488 e. The summed E-state index contributed by atoms with van der Waals surface area (Å²) in [5.41, 5.74) is 2.70. The van der Waals surface area contributed by atoms with E-state index in [4.69, 9.17) is 4.74 Å². The second-order valence-electron chi connectivity index (χ2n) is 8.51. The van der Waals surface area contributed by atoms with Crippen LogP contribution < -0.4 is 10.1 Å². The Morgan fingerprint density at radius 3 is 2.44 bits per heavy atom. The fourth-order valence-electron chi connectivity index (χ4n) is 3.58. The number of para-hydroxylation sites is 1. The SMILES string of the molecule is CC(C)c1ccc(NC(=O)CN2C(=O)S/C(=C/c3ccccc3OCc3ccccc3F)C2=O)cc1. The zero-order chi connectivity index (χ0) is 25.7. The predicted octanol–water partition coefficient (Wildman–Crippen LogP) is 6.20. The van der Waals surface area contributed by atoms with Crippen molar-refractivity contribution in [2.75, 3.05) is 11.9 Å². The van der Waals surface area contributed by atoms with Gasteiger partial charge in [-0.2, -0.15) is 0 Å². The zero-order valence-corrected chi connectivity index (χ0v) is 20.7. The van der Waals surface area contributed by atoms with Crippen molar-refractivity contribution in [2.45, 2.75) is 26.4 Å². The first kappa shape index (κ1) is 25.2. The molecule has 0 radical (unpaired) electrons. The van der Waals surface area contributed by atoms with Gasteiger partial charge in [-0.1, -0.05) is 62.4 Å². The second-order valence-corrected chi connectivity index (χ2v) is 9.50. The van der Waals surface area contributed by atoms with Crippen LogP contribution in [0.15, 0.2) is 77.7 Å². The van der Waals surface area contributed by atoms with Crippen molar-refractivity contribution in [2.24, 2.45) is 0 Å². The largest absolute Gasteiger partial charge is 0.488 e. The van der Waals surface area contributed by atoms with Crippen molar-refractivity contribution in [3.8, 4) is 5.75 Å². The number of thioether (sulfide) groups is 1. The van der Waals surface area contributed by atoms with E-state index >= 15 is 0 Å². The average molecular weight is 505 g/mol. The van der Waals surface area contributed by atoms with Crippen molar-refractivity contribution >= 4 is 40.6 Å². The summed E-state index contributed by atoms with van der Waals surface area (Å²) in [7, 11) is 0. The lowest BCUT2D eigenvalue weighted by atomic mass is 10.0. The third kappa shape index (κ3) is 6.01. The molecule has 1 fully saturated rings. The summed E-state index contributed by atoms with van der Waals surface area (Å²) in [5.74, 6) is -0.587. The van der Waals surface area contributed by atoms with Gasteiger partial charge in [0.2, 0.25) is 5.91 Å². The van der Waals surface area contributed by atoms with E-state index in [2.05, 4.69) is 19.2 Å². The molecule has 3 aromatic rings. The highest BCUT2D eigenvalue weighted by Crippen LogP contribution is 2.34. The molecule has 0 aliphatic carbocycles. The number of rotatable bonds is 8. The Hall–Kier alpha value is -3.91. The molecule has 8 heteroatoms. The van der Waals surface area contributed by atoms with Crippen molar-refractivity contribution in [3.05, 3.63) is 100 Å². The van der Waals surface area contributed by atoms with Gasteiger partial charge < -0.3 is 10.1 Å². The third-order valence-electron chi connectivity index (χ3n) is 5.58. The molecule has 1 aliphatic rings. The van der Waals surface area contributed by atoms with Gasteiger partial charge in [0.1, 0.15) is 24.7 Å². The number of benzene rings is 3. The van der Waals surface area contributed by atoms with Gasteiger partial charge in [0.15, 0.2) is 0 Å². The number of carbonyl (C=O) groups is 3. The van der Waals surface area contributed by atoms with Gasteiger partial charge in [0, 0.05) is 16.8 Å². The van der Waals surface area contributed by atoms with E-state index < -0.39 is 17.1 Å². The molecule has 1 heterocycles. The molecular formula is C28H25FN2O4S. The molecule has 0 saturated carbocycles. The minimum absolute atomic E-state index is 0.0112. The molecule has 184 valence electrons. The molecule has 3 amide bonds. The maximum Gasteiger partial charge on any atom is 0.294 e. The molecule has 0 aromatic heterocycles. The molecule has 0 spiro atoms. The summed E-state index contributed by atoms with van der Waals surface area (Å²) in [6, 6.07) is 20.7. The number of anilines is 1. The quantitative estimate of drug-likeness (QED) is 0.370. The van der Waals surface area contributed by atoms with Crippen LogP contribution in [0.25, 0.3) is 6.08 Å². The number of hydrogen-bond donors (Lipinski definition) is 1. The summed E-state index contributed by atoms with van der Waals surface area (Å²) in [6.07, 6.45) is 1.55. The highest BCUT2D eigenvalue weighted by Gasteiger charge is 2.36. The van der Waals surface area contributed by atoms with E-state index in [1.165, 1.54) is 6.07 Å². The van der Waals surface area contributed by atoms with E-state index in [9.17, 15) is 18.8 Å². The molecule has 0 bridgehead atoms. The minimum atomic E-state index is -0.556. The summed E-state index contributed by atoms with van der Waals surface area (Å²) in [5, 5.41) is 2.20. The maximum atomic E-state index is 13.9. The highest BCUT2D eigenvalue weighted by molar-refractivity contribution is 8.18. The van der Waals surface area contributed by atoms with Crippen LogP contribution in [0.4, 0.5) is 14.9 Å². The first-order valence-corrected chi connectivity index (χ1v) is 12.2. The van der Waals surface area contributed by atoms with Crippen molar-refractivity contribution in [3.63, 3.8) is 0 Å². The Labute approximate surface area is 213 Å². The number of ether oxygens (including phenoxy) is 1. The molecule has 1 N–H and O–H groups in total. The summed E-state index contributed by atoms with van der Waals surface area (Å²) in [6.45, 7) is 3.78. The first-order chi connectivity index (χ1) is 17.3. The van der Waals surface area contributed by atoms with Crippen molar-refractivity contribution < 1.29 is 23.5 Å². The zero-order valence-electron chi connectivity index (χ0n) is 19.9. The summed E-state index contributed by atoms with van der Waals surface area (Å²) in [4.78, 5) is 39.0. The van der Waals surface area contributed by atoms with Gasteiger partial charge in [0.05, 0.1) is 4.91 Å². The Morgan fingerprint density at radius 2 is 1.72 bits per heavy atom. The lowest BCUT2D eigenvalue weighted by molar-refractivity contribution is -0.127. The van der Waals surface area contributed by atoms with Crippen LogP contribution in [0.5, 0.6) is 5.75 Å². The molecule has 1 aliphatic heterocycles. The third-order valence-corrected chi connectivity index (χ3v) is 6.49. The number of nitrogens with zero attached hydrogens (tertiary/aromatic N) is 1. The summed E-state index contributed by atoms with van der Waals surface area (Å²) >= 11 is 0.759. The fourth-order valence-corrected chi connectivity index (χ4v) is 4.40. The molecule has 36 heavy (non-hydrogen) atoms. The number of hydrogen-bond acceptors (Lipinski definition) is 5. The number of halogens is 1. The van der Waals surface area contributed by atoms with Crippen LogP contribution in [0.1, 0.15) is 36.5 Å². The second kappa shape index (κ2) is 11.2. The van der Waals surface area contributed by atoms with Crippen LogP contribution in [0.2, 0.25) is 0 Å². The van der Waals surface area contributed by atoms with E-state index in [1.54, 1.807) is 60.7 Å². The van der Waals surface area contributed by atoms with Crippen LogP contribution in [0.3, 0.4) is 0 Å². The van der Waals surface area contributed by atoms with Gasteiger partial charge in [-0.15, -0.1) is 0 Å². The van der Waals surface area contributed by atoms with Gasteiger partial charge in [-0.25, -0.2) is 4.39 Å². The molecular weight excluding hydrogens is 479 g/mol. The number of carbonyl (C=O) groups excluding carboxylic acids is 3. The topological polar surface area (TPSA) is 75.7 Å². The molecule has 0 unspecified atom stereocenters. The van der Waals surface area contributed by atoms with Crippen LogP contribution in [0, 0.1) is 5.82 Å². The van der Waals surface area contributed by atoms with E-state index in [-0.39, 0.29) is 23.9 Å². The Morgan fingerprint density at radius 1 is 1.03 bits per heavy atom. The number of imide groups is 1. The Balaban J connectivity index is 1.43. The molecule has 0 atom stereocenters. The Kier molecular flexibility index (Phi) is 7.85. The predicted molar refractivity (Wildman–Crippen MR) is 139 cm³/mol. The molecule has 1 saturated heterocycles. The highest BCUT2D eigenvalue weighted by atomic mass is 32.2.